The van der Waals surface area contributed by atoms with E-state index in [9.17, 15) is 18.0 Å². The van der Waals surface area contributed by atoms with Crippen LogP contribution in [0.2, 0.25) is 0 Å². The molecular weight excluding hydrogens is 372 g/mol. The van der Waals surface area contributed by atoms with Crippen molar-refractivity contribution in [1.82, 2.24) is 9.97 Å². The summed E-state index contributed by atoms with van der Waals surface area (Å²) in [6.45, 7) is 3.06. The minimum absolute atomic E-state index is 0.0549. The van der Waals surface area contributed by atoms with Crippen LogP contribution < -0.4 is 11.3 Å². The first-order valence-electron chi connectivity index (χ1n) is 7.84. The Bertz CT molecular complexity index is 1350. The highest BCUT2D eigenvalue weighted by molar-refractivity contribution is 7.91. The van der Waals surface area contributed by atoms with Crippen molar-refractivity contribution in [3.63, 3.8) is 0 Å². The number of aryl methyl sites for hydroxylation is 2. The van der Waals surface area contributed by atoms with Gasteiger partial charge < -0.3 is 8.83 Å². The predicted octanol–water partition coefficient (Wildman–Crippen LogP) is 2.14. The number of aromatic nitrogens is 2. The van der Waals surface area contributed by atoms with Crippen molar-refractivity contribution in [2.75, 3.05) is 0 Å². The summed E-state index contributed by atoms with van der Waals surface area (Å²) < 4.78 is 35.8. The van der Waals surface area contributed by atoms with E-state index >= 15 is 0 Å². The van der Waals surface area contributed by atoms with E-state index in [1.807, 2.05) is 0 Å². The largest absolute Gasteiger partial charge is 0.408 e. The van der Waals surface area contributed by atoms with E-state index in [-0.39, 0.29) is 32.3 Å². The molecule has 0 aliphatic heterocycles. The van der Waals surface area contributed by atoms with Gasteiger partial charge in [-0.15, -0.1) is 0 Å². The van der Waals surface area contributed by atoms with Gasteiger partial charge in [-0.1, -0.05) is 0 Å². The molecule has 0 N–H and O–H groups in total. The van der Waals surface area contributed by atoms with Crippen LogP contribution in [0.1, 0.15) is 11.8 Å². The van der Waals surface area contributed by atoms with Gasteiger partial charge in [0.15, 0.2) is 11.8 Å². The van der Waals surface area contributed by atoms with Crippen LogP contribution in [0.3, 0.4) is 0 Å². The van der Waals surface area contributed by atoms with Crippen LogP contribution in [0.25, 0.3) is 21.8 Å². The first-order valence-corrected chi connectivity index (χ1v) is 9.32. The molecule has 4 rings (SSSR count). The second kappa shape index (κ2) is 5.85. The number of fused-ring (bicyclic) bond motifs is 2. The molecule has 2 aromatic carbocycles. The van der Waals surface area contributed by atoms with E-state index in [4.69, 9.17) is 8.83 Å². The van der Waals surface area contributed by atoms with Crippen molar-refractivity contribution < 1.29 is 17.3 Å². The van der Waals surface area contributed by atoms with E-state index in [0.29, 0.717) is 11.0 Å². The van der Waals surface area contributed by atoms with Crippen molar-refractivity contribution in [3.8, 4) is 0 Å². The standard InChI is InChI=1S/C18H12N2O6S/c1-9-19-15-5-3-11(7-13(15)17(21)25-9)27(23,24)12-4-6-16-14(8-12)18(22)26-10(2)20-16/h3-8H,1-2H3. The van der Waals surface area contributed by atoms with Crippen LogP contribution in [-0.4, -0.2) is 18.4 Å². The molecule has 0 unspecified atom stereocenters. The van der Waals surface area contributed by atoms with E-state index in [0.717, 1.165) is 0 Å². The zero-order valence-corrected chi connectivity index (χ0v) is 15.0. The summed E-state index contributed by atoms with van der Waals surface area (Å²) in [7, 11) is -3.99. The fourth-order valence-corrected chi connectivity index (χ4v) is 4.10. The smallest absolute Gasteiger partial charge is 0.346 e. The van der Waals surface area contributed by atoms with Crippen LogP contribution in [0.15, 0.2) is 64.6 Å². The summed E-state index contributed by atoms with van der Waals surface area (Å²) >= 11 is 0. The Labute approximate surface area is 152 Å². The third-order valence-corrected chi connectivity index (χ3v) is 5.78. The van der Waals surface area contributed by atoms with Gasteiger partial charge in [-0.2, -0.15) is 0 Å². The second-order valence-electron chi connectivity index (χ2n) is 5.90. The van der Waals surface area contributed by atoms with Gasteiger partial charge in [0, 0.05) is 13.8 Å². The maximum Gasteiger partial charge on any atom is 0.346 e. The summed E-state index contributed by atoms with van der Waals surface area (Å²) in [5.74, 6) is 0.374. The summed E-state index contributed by atoms with van der Waals surface area (Å²) in [5, 5.41) is 0.110. The average molecular weight is 384 g/mol. The number of hydrogen-bond acceptors (Lipinski definition) is 8. The fraction of sp³-hybridized carbons (Fsp3) is 0.111. The molecule has 136 valence electrons. The molecule has 0 amide bonds. The molecule has 27 heavy (non-hydrogen) atoms. The molecule has 0 saturated carbocycles. The molecular formula is C18H12N2O6S. The van der Waals surface area contributed by atoms with Gasteiger partial charge in [-0.3, -0.25) is 0 Å². The van der Waals surface area contributed by atoms with Crippen LogP contribution in [0, 0.1) is 13.8 Å². The van der Waals surface area contributed by atoms with Gasteiger partial charge in [0.1, 0.15) is 0 Å². The zero-order chi connectivity index (χ0) is 19.3. The molecule has 0 saturated heterocycles. The van der Waals surface area contributed by atoms with E-state index in [2.05, 4.69) is 9.97 Å². The molecule has 9 heteroatoms. The van der Waals surface area contributed by atoms with Crippen LogP contribution in [0.5, 0.6) is 0 Å². The lowest BCUT2D eigenvalue weighted by Crippen LogP contribution is -2.08. The Morgan fingerprint density at radius 1 is 0.741 bits per heavy atom. The van der Waals surface area contributed by atoms with Gasteiger partial charge in [0.25, 0.3) is 0 Å². The van der Waals surface area contributed by atoms with E-state index in [1.54, 1.807) is 0 Å². The molecule has 0 bridgehead atoms. The van der Waals surface area contributed by atoms with Gasteiger partial charge >= 0.3 is 11.3 Å². The second-order valence-corrected chi connectivity index (χ2v) is 7.85. The predicted molar refractivity (Wildman–Crippen MR) is 95.5 cm³/mol. The minimum Gasteiger partial charge on any atom is -0.408 e. The van der Waals surface area contributed by atoms with Crippen molar-refractivity contribution in [1.29, 1.82) is 0 Å². The summed E-state index contributed by atoms with van der Waals surface area (Å²) in [6.07, 6.45) is 0. The quantitative estimate of drug-likeness (QED) is 0.515. The van der Waals surface area contributed by atoms with Gasteiger partial charge in [-0.25, -0.2) is 28.0 Å². The summed E-state index contributed by atoms with van der Waals surface area (Å²) in [5.41, 5.74) is -0.676. The molecule has 0 atom stereocenters. The fourth-order valence-electron chi connectivity index (χ4n) is 2.79. The number of hydrogen-bond donors (Lipinski definition) is 0. The molecule has 0 fully saturated rings. The lowest BCUT2D eigenvalue weighted by atomic mass is 10.2. The van der Waals surface area contributed by atoms with Crippen LogP contribution in [-0.2, 0) is 9.84 Å². The Morgan fingerprint density at radius 3 is 1.56 bits per heavy atom. The Balaban J connectivity index is 1.93. The number of rotatable bonds is 2. The Morgan fingerprint density at radius 2 is 1.15 bits per heavy atom. The molecule has 0 aliphatic rings. The van der Waals surface area contributed by atoms with E-state index in [1.165, 1.54) is 50.2 Å². The first-order chi connectivity index (χ1) is 12.8. The summed E-state index contributed by atoms with van der Waals surface area (Å²) in [4.78, 5) is 31.9. The third-order valence-electron chi connectivity index (χ3n) is 4.03. The Hall–Kier alpha value is -3.33. The third kappa shape index (κ3) is 2.81. The van der Waals surface area contributed by atoms with E-state index < -0.39 is 21.1 Å². The molecule has 0 spiro atoms. The average Bonchev–Trinajstić information content (AvgIpc) is 2.60. The maximum atomic E-state index is 13.0. The highest BCUT2D eigenvalue weighted by Gasteiger charge is 2.20. The lowest BCUT2D eigenvalue weighted by Gasteiger charge is -2.07. The number of nitrogens with zero attached hydrogens (tertiary/aromatic N) is 2. The van der Waals surface area contributed by atoms with Crippen molar-refractivity contribution in [2.24, 2.45) is 0 Å². The van der Waals surface area contributed by atoms with Crippen LogP contribution in [0.4, 0.5) is 0 Å². The molecule has 2 aromatic heterocycles. The van der Waals surface area contributed by atoms with Gasteiger partial charge in [-0.05, 0) is 36.4 Å². The molecule has 4 aromatic rings. The zero-order valence-electron chi connectivity index (χ0n) is 14.2. The van der Waals surface area contributed by atoms with Crippen molar-refractivity contribution >= 4 is 31.6 Å². The summed E-state index contributed by atoms with van der Waals surface area (Å²) in [6, 6.07) is 8.00. The maximum absolute atomic E-state index is 13.0. The van der Waals surface area contributed by atoms with Gasteiger partial charge in [0.05, 0.1) is 31.6 Å². The van der Waals surface area contributed by atoms with Crippen molar-refractivity contribution in [2.45, 2.75) is 23.6 Å². The van der Waals surface area contributed by atoms with Gasteiger partial charge in [0.2, 0.25) is 9.84 Å². The lowest BCUT2D eigenvalue weighted by molar-refractivity contribution is 0.466. The normalized spacial score (nSPS) is 11.9. The number of benzene rings is 2. The molecule has 0 aliphatic carbocycles. The highest BCUT2D eigenvalue weighted by atomic mass is 32.2. The molecule has 0 radical (unpaired) electrons. The monoisotopic (exact) mass is 384 g/mol. The SMILES string of the molecule is Cc1nc2ccc(S(=O)(=O)c3ccc4nc(C)oc(=O)c4c3)cc2c(=O)o1. The first kappa shape index (κ1) is 17.1. The van der Waals surface area contributed by atoms with Crippen LogP contribution >= 0.6 is 0 Å². The number of sulfone groups is 1. The molecule has 2 heterocycles. The topological polar surface area (TPSA) is 120 Å². The molecule has 8 nitrogen and oxygen atoms in total. The minimum atomic E-state index is -3.99. The Kier molecular flexibility index (Phi) is 3.70. The highest BCUT2D eigenvalue weighted by Crippen LogP contribution is 2.25. The van der Waals surface area contributed by atoms with Crippen molar-refractivity contribution in [3.05, 3.63) is 69.0 Å².